The van der Waals surface area contributed by atoms with E-state index in [0.29, 0.717) is 5.89 Å². The Labute approximate surface area is 134 Å². The summed E-state index contributed by atoms with van der Waals surface area (Å²) in [6.07, 6.45) is 0. The third-order valence-corrected chi connectivity index (χ3v) is 4.95. The Hall–Kier alpha value is -1.78. The zero-order chi connectivity index (χ0) is 14.8. The first kappa shape index (κ1) is 13.9. The molecular weight excluding hydrogens is 292 g/mol. The highest BCUT2D eigenvalue weighted by atomic mass is 32.2. The average molecular weight is 310 g/mol. The summed E-state index contributed by atoms with van der Waals surface area (Å²) in [4.78, 5) is 7.07. The van der Waals surface area contributed by atoms with Gasteiger partial charge in [0, 0.05) is 36.7 Å². The van der Waals surface area contributed by atoms with Gasteiger partial charge in [-0.15, -0.1) is 0 Å². The molecule has 0 radical (unpaired) electrons. The minimum atomic E-state index is 0.696. The number of thioether (sulfide) groups is 1. The Morgan fingerprint density at radius 3 is 2.55 bits per heavy atom. The highest BCUT2D eigenvalue weighted by Gasteiger charge is 2.11. The summed E-state index contributed by atoms with van der Waals surface area (Å²) in [5.74, 6) is 3.20. The van der Waals surface area contributed by atoms with Gasteiger partial charge in [-0.05, 0) is 29.8 Å². The van der Waals surface area contributed by atoms with Crippen molar-refractivity contribution >= 4 is 22.9 Å². The largest absolute Gasteiger partial charge is 0.436 e. The maximum atomic E-state index is 5.82. The van der Waals surface area contributed by atoms with E-state index in [1.807, 2.05) is 36.0 Å². The summed E-state index contributed by atoms with van der Waals surface area (Å²) < 4.78 is 5.82. The molecule has 0 saturated carbocycles. The molecule has 1 aliphatic rings. The van der Waals surface area contributed by atoms with Gasteiger partial charge in [0.15, 0.2) is 5.58 Å². The van der Waals surface area contributed by atoms with Gasteiger partial charge in [0.2, 0.25) is 5.89 Å². The molecule has 22 heavy (non-hydrogen) atoms. The number of benzene rings is 2. The molecule has 1 saturated heterocycles. The van der Waals surface area contributed by atoms with Crippen molar-refractivity contribution in [1.29, 1.82) is 0 Å². The lowest BCUT2D eigenvalue weighted by Crippen LogP contribution is -2.31. The first-order chi connectivity index (χ1) is 10.9. The normalized spacial score (nSPS) is 16.2. The van der Waals surface area contributed by atoms with Crippen LogP contribution in [0.3, 0.4) is 0 Å². The van der Waals surface area contributed by atoms with Crippen molar-refractivity contribution in [2.45, 2.75) is 6.54 Å². The van der Waals surface area contributed by atoms with Crippen LogP contribution in [-0.4, -0.2) is 34.5 Å². The molecule has 2 aromatic carbocycles. The van der Waals surface area contributed by atoms with E-state index >= 15 is 0 Å². The van der Waals surface area contributed by atoms with E-state index in [0.717, 1.165) is 23.2 Å². The van der Waals surface area contributed by atoms with Crippen molar-refractivity contribution < 1.29 is 4.42 Å². The second-order valence-corrected chi connectivity index (χ2v) is 6.80. The molecule has 0 spiro atoms. The molecule has 1 fully saturated rings. The standard InChI is InChI=1S/C18H18N2OS/c1-2-4-17-16(3-1)19-18(21-17)15-7-5-14(6-8-15)13-20-9-11-22-12-10-20/h1-8H,9-13H2. The van der Waals surface area contributed by atoms with Gasteiger partial charge >= 0.3 is 0 Å². The second kappa shape index (κ2) is 6.15. The van der Waals surface area contributed by atoms with E-state index in [1.54, 1.807) is 0 Å². The molecule has 2 heterocycles. The maximum absolute atomic E-state index is 5.82. The van der Waals surface area contributed by atoms with Gasteiger partial charge in [0.25, 0.3) is 0 Å². The van der Waals surface area contributed by atoms with Gasteiger partial charge in [-0.25, -0.2) is 4.98 Å². The topological polar surface area (TPSA) is 29.3 Å². The second-order valence-electron chi connectivity index (χ2n) is 5.57. The molecular formula is C18H18N2OS. The number of rotatable bonds is 3. The van der Waals surface area contributed by atoms with E-state index < -0.39 is 0 Å². The first-order valence-corrected chi connectivity index (χ1v) is 8.79. The minimum Gasteiger partial charge on any atom is -0.436 e. The minimum absolute atomic E-state index is 0.696. The molecule has 0 unspecified atom stereocenters. The van der Waals surface area contributed by atoms with Crippen LogP contribution in [0.2, 0.25) is 0 Å². The van der Waals surface area contributed by atoms with Crippen molar-refractivity contribution in [3.8, 4) is 11.5 Å². The summed E-state index contributed by atoms with van der Waals surface area (Å²) in [6, 6.07) is 16.5. The number of hydrogen-bond donors (Lipinski definition) is 0. The first-order valence-electron chi connectivity index (χ1n) is 7.63. The van der Waals surface area contributed by atoms with Crippen LogP contribution in [0.4, 0.5) is 0 Å². The molecule has 0 atom stereocenters. The molecule has 0 N–H and O–H groups in total. The van der Waals surface area contributed by atoms with Crippen LogP contribution >= 0.6 is 11.8 Å². The third kappa shape index (κ3) is 2.89. The van der Waals surface area contributed by atoms with Crippen molar-refractivity contribution in [1.82, 2.24) is 9.88 Å². The maximum Gasteiger partial charge on any atom is 0.227 e. The Bertz CT molecular complexity index is 727. The molecule has 1 aromatic heterocycles. The molecule has 0 aliphatic carbocycles. The smallest absolute Gasteiger partial charge is 0.227 e. The number of oxazole rings is 1. The fraction of sp³-hybridized carbons (Fsp3) is 0.278. The summed E-state index contributed by atoms with van der Waals surface area (Å²) in [6.45, 7) is 3.42. The van der Waals surface area contributed by atoms with E-state index in [1.165, 1.54) is 30.2 Å². The Morgan fingerprint density at radius 1 is 1.00 bits per heavy atom. The SMILES string of the molecule is c1ccc2oc(-c3ccc(CN4CCSCC4)cc3)nc2c1. The molecule has 0 amide bonds. The van der Waals surface area contributed by atoms with Crippen molar-refractivity contribution in [2.75, 3.05) is 24.6 Å². The zero-order valence-corrected chi connectivity index (χ0v) is 13.2. The van der Waals surface area contributed by atoms with Crippen molar-refractivity contribution in [2.24, 2.45) is 0 Å². The Kier molecular flexibility index (Phi) is 3.87. The third-order valence-electron chi connectivity index (χ3n) is 4.00. The van der Waals surface area contributed by atoms with E-state index in [-0.39, 0.29) is 0 Å². The van der Waals surface area contributed by atoms with Crippen LogP contribution in [0.5, 0.6) is 0 Å². The van der Waals surface area contributed by atoms with E-state index in [4.69, 9.17) is 4.42 Å². The number of para-hydroxylation sites is 2. The van der Waals surface area contributed by atoms with Gasteiger partial charge in [0.05, 0.1) is 0 Å². The number of hydrogen-bond acceptors (Lipinski definition) is 4. The summed E-state index contributed by atoms with van der Waals surface area (Å²) in [7, 11) is 0. The van der Waals surface area contributed by atoms with Crippen molar-refractivity contribution in [3.63, 3.8) is 0 Å². The fourth-order valence-corrected chi connectivity index (χ4v) is 3.74. The monoisotopic (exact) mass is 310 g/mol. The highest BCUT2D eigenvalue weighted by Crippen LogP contribution is 2.24. The zero-order valence-electron chi connectivity index (χ0n) is 12.4. The van der Waals surface area contributed by atoms with Crippen LogP contribution in [0.15, 0.2) is 52.9 Å². The molecule has 3 aromatic rings. The summed E-state index contributed by atoms with van der Waals surface area (Å²) >= 11 is 2.05. The van der Waals surface area contributed by atoms with Gasteiger partial charge in [0.1, 0.15) is 5.52 Å². The van der Waals surface area contributed by atoms with Crippen LogP contribution < -0.4 is 0 Å². The lowest BCUT2D eigenvalue weighted by molar-refractivity contribution is 0.294. The van der Waals surface area contributed by atoms with Gasteiger partial charge < -0.3 is 4.42 Å². The van der Waals surface area contributed by atoms with Crippen LogP contribution in [-0.2, 0) is 6.54 Å². The molecule has 0 bridgehead atoms. The molecule has 4 heteroatoms. The Morgan fingerprint density at radius 2 is 1.77 bits per heavy atom. The average Bonchev–Trinajstić information content (AvgIpc) is 3.00. The molecule has 112 valence electrons. The van der Waals surface area contributed by atoms with Crippen molar-refractivity contribution in [3.05, 3.63) is 54.1 Å². The fourth-order valence-electron chi connectivity index (χ4n) is 2.77. The van der Waals surface area contributed by atoms with E-state index in [9.17, 15) is 0 Å². The predicted molar refractivity (Wildman–Crippen MR) is 92.0 cm³/mol. The number of nitrogens with zero attached hydrogens (tertiary/aromatic N) is 2. The lowest BCUT2D eigenvalue weighted by atomic mass is 10.1. The van der Waals surface area contributed by atoms with Crippen LogP contribution in [0.25, 0.3) is 22.6 Å². The van der Waals surface area contributed by atoms with Crippen LogP contribution in [0.1, 0.15) is 5.56 Å². The molecule has 1 aliphatic heterocycles. The highest BCUT2D eigenvalue weighted by molar-refractivity contribution is 7.99. The summed E-state index contributed by atoms with van der Waals surface area (Å²) in [5.41, 5.74) is 4.14. The van der Waals surface area contributed by atoms with Gasteiger partial charge in [-0.2, -0.15) is 11.8 Å². The van der Waals surface area contributed by atoms with E-state index in [2.05, 4.69) is 34.1 Å². The van der Waals surface area contributed by atoms with Gasteiger partial charge in [-0.1, -0.05) is 24.3 Å². The van der Waals surface area contributed by atoms with Gasteiger partial charge in [-0.3, -0.25) is 4.90 Å². The quantitative estimate of drug-likeness (QED) is 0.730. The lowest BCUT2D eigenvalue weighted by Gasteiger charge is -2.26. The number of fused-ring (bicyclic) bond motifs is 1. The number of aromatic nitrogens is 1. The summed E-state index contributed by atoms with van der Waals surface area (Å²) in [5, 5.41) is 0. The Balaban J connectivity index is 1.53. The van der Waals surface area contributed by atoms with Crippen LogP contribution in [0, 0.1) is 0 Å². The predicted octanol–water partition coefficient (Wildman–Crippen LogP) is 4.04. The molecule has 3 nitrogen and oxygen atoms in total. The molecule has 4 rings (SSSR count).